The van der Waals surface area contributed by atoms with E-state index in [-0.39, 0.29) is 11.8 Å². The molecule has 0 aliphatic carbocycles. The number of benzene rings is 3. The van der Waals surface area contributed by atoms with Gasteiger partial charge in [0, 0.05) is 36.0 Å². The van der Waals surface area contributed by atoms with E-state index in [9.17, 15) is 4.79 Å². The predicted molar refractivity (Wildman–Crippen MR) is 139 cm³/mol. The second-order valence-corrected chi connectivity index (χ2v) is 8.68. The summed E-state index contributed by atoms with van der Waals surface area (Å²) >= 11 is 0. The Balaban J connectivity index is 1.31. The molecule has 4 aromatic rings. The van der Waals surface area contributed by atoms with Gasteiger partial charge in [0.05, 0.1) is 18.7 Å². The topological polar surface area (TPSA) is 67.3 Å². The number of para-hydroxylation sites is 1. The lowest BCUT2D eigenvalue weighted by atomic mass is 9.96. The quantitative estimate of drug-likeness (QED) is 0.398. The van der Waals surface area contributed by atoms with Crippen molar-refractivity contribution in [2.45, 2.75) is 12.8 Å². The van der Waals surface area contributed by atoms with Crippen LogP contribution in [0.3, 0.4) is 0 Å². The van der Waals surface area contributed by atoms with Crippen LogP contribution in [0.15, 0.2) is 91.3 Å². The fraction of sp³-hybridized carbons (Fsp3) is 0.207. The SMILES string of the molecule is COc1ccc(-c2cc(N3CCCC(C(=O)Nc4ccccc4-c4ccccc4)C3)ncn2)cc1. The minimum absolute atomic E-state index is 0.0440. The summed E-state index contributed by atoms with van der Waals surface area (Å²) in [4.78, 5) is 24.4. The highest BCUT2D eigenvalue weighted by Gasteiger charge is 2.27. The predicted octanol–water partition coefficient (Wildman–Crippen LogP) is 5.67. The molecule has 1 aliphatic rings. The van der Waals surface area contributed by atoms with Crippen molar-refractivity contribution in [3.8, 4) is 28.1 Å². The van der Waals surface area contributed by atoms with Gasteiger partial charge in [-0.3, -0.25) is 4.79 Å². The molecule has 1 amide bonds. The number of anilines is 2. The number of hydrogen-bond donors (Lipinski definition) is 1. The van der Waals surface area contributed by atoms with Crippen molar-refractivity contribution in [2.75, 3.05) is 30.4 Å². The Morgan fingerprint density at radius 1 is 0.943 bits per heavy atom. The molecule has 1 atom stereocenters. The summed E-state index contributed by atoms with van der Waals surface area (Å²) in [5, 5.41) is 3.19. The van der Waals surface area contributed by atoms with Crippen molar-refractivity contribution in [1.29, 1.82) is 0 Å². The highest BCUT2D eigenvalue weighted by molar-refractivity contribution is 5.97. The van der Waals surface area contributed by atoms with Crippen molar-refractivity contribution in [3.63, 3.8) is 0 Å². The number of carbonyl (C=O) groups is 1. The Kier molecular flexibility index (Phi) is 6.70. The average molecular weight is 465 g/mol. The van der Waals surface area contributed by atoms with Crippen molar-refractivity contribution in [1.82, 2.24) is 9.97 Å². The van der Waals surface area contributed by atoms with Crippen LogP contribution in [0.25, 0.3) is 22.4 Å². The van der Waals surface area contributed by atoms with E-state index in [2.05, 4.69) is 32.3 Å². The summed E-state index contributed by atoms with van der Waals surface area (Å²) in [6.07, 6.45) is 3.38. The van der Waals surface area contributed by atoms with Gasteiger partial charge in [0.1, 0.15) is 17.9 Å². The van der Waals surface area contributed by atoms with Gasteiger partial charge in [-0.15, -0.1) is 0 Å². The number of methoxy groups -OCH3 is 1. The molecular weight excluding hydrogens is 436 g/mol. The van der Waals surface area contributed by atoms with Crippen molar-refractivity contribution >= 4 is 17.4 Å². The Labute approximate surface area is 205 Å². The Hall–Kier alpha value is -4.19. The van der Waals surface area contributed by atoms with Gasteiger partial charge in [0.15, 0.2) is 0 Å². The molecule has 0 bridgehead atoms. The number of hydrogen-bond acceptors (Lipinski definition) is 5. The maximum absolute atomic E-state index is 13.3. The molecule has 1 aromatic heterocycles. The second-order valence-electron chi connectivity index (χ2n) is 8.68. The molecule has 1 unspecified atom stereocenters. The molecule has 3 aromatic carbocycles. The van der Waals surface area contributed by atoms with Gasteiger partial charge in [-0.1, -0.05) is 48.5 Å². The molecule has 1 aliphatic heterocycles. The molecule has 1 saturated heterocycles. The summed E-state index contributed by atoms with van der Waals surface area (Å²) in [5.74, 6) is 1.57. The van der Waals surface area contributed by atoms with E-state index in [1.165, 1.54) is 0 Å². The third kappa shape index (κ3) is 5.17. The number of nitrogens with one attached hydrogen (secondary N) is 1. The van der Waals surface area contributed by atoms with Crippen LogP contribution in [0.4, 0.5) is 11.5 Å². The van der Waals surface area contributed by atoms with Crippen LogP contribution in [-0.2, 0) is 4.79 Å². The largest absolute Gasteiger partial charge is 0.497 e. The lowest BCUT2D eigenvalue weighted by Crippen LogP contribution is -2.41. The molecule has 0 saturated carbocycles. The Morgan fingerprint density at radius 3 is 2.51 bits per heavy atom. The van der Waals surface area contributed by atoms with E-state index in [0.29, 0.717) is 6.54 Å². The first kappa shape index (κ1) is 22.6. The van der Waals surface area contributed by atoms with Gasteiger partial charge in [-0.05, 0) is 48.7 Å². The van der Waals surface area contributed by atoms with Crippen LogP contribution in [0, 0.1) is 5.92 Å². The molecule has 5 rings (SSSR count). The number of ether oxygens (including phenoxy) is 1. The van der Waals surface area contributed by atoms with Crippen LogP contribution in [0.2, 0.25) is 0 Å². The molecule has 0 radical (unpaired) electrons. The smallest absolute Gasteiger partial charge is 0.229 e. The zero-order valence-electron chi connectivity index (χ0n) is 19.7. The van der Waals surface area contributed by atoms with Crippen LogP contribution in [0.5, 0.6) is 5.75 Å². The van der Waals surface area contributed by atoms with E-state index in [4.69, 9.17) is 4.74 Å². The van der Waals surface area contributed by atoms with Gasteiger partial charge in [-0.25, -0.2) is 9.97 Å². The minimum Gasteiger partial charge on any atom is -0.497 e. The van der Waals surface area contributed by atoms with Crippen LogP contribution in [0.1, 0.15) is 12.8 Å². The molecule has 0 spiro atoms. The number of nitrogens with zero attached hydrogens (tertiary/aromatic N) is 3. The summed E-state index contributed by atoms with van der Waals surface area (Å²) < 4.78 is 5.25. The normalized spacial score (nSPS) is 15.5. The summed E-state index contributed by atoms with van der Waals surface area (Å²) in [7, 11) is 1.65. The first-order chi connectivity index (χ1) is 17.2. The maximum Gasteiger partial charge on any atom is 0.229 e. The second kappa shape index (κ2) is 10.4. The molecule has 2 heterocycles. The first-order valence-corrected chi connectivity index (χ1v) is 11.9. The van der Waals surface area contributed by atoms with Crippen molar-refractivity contribution in [2.24, 2.45) is 5.92 Å². The molecule has 1 fully saturated rings. The number of aromatic nitrogens is 2. The molecular formula is C29H28N4O2. The number of amides is 1. The van der Waals surface area contributed by atoms with Gasteiger partial charge in [0.2, 0.25) is 5.91 Å². The van der Waals surface area contributed by atoms with E-state index >= 15 is 0 Å². The van der Waals surface area contributed by atoms with Crippen LogP contribution < -0.4 is 15.0 Å². The van der Waals surface area contributed by atoms with Crippen LogP contribution in [-0.4, -0.2) is 36.1 Å². The van der Waals surface area contributed by atoms with E-state index in [0.717, 1.165) is 59.0 Å². The lowest BCUT2D eigenvalue weighted by Gasteiger charge is -2.33. The van der Waals surface area contributed by atoms with Gasteiger partial charge in [0.25, 0.3) is 0 Å². The molecule has 6 nitrogen and oxygen atoms in total. The van der Waals surface area contributed by atoms with Crippen molar-refractivity contribution < 1.29 is 9.53 Å². The molecule has 6 heteroatoms. The van der Waals surface area contributed by atoms with Gasteiger partial charge in [-0.2, -0.15) is 0 Å². The molecule has 35 heavy (non-hydrogen) atoms. The lowest BCUT2D eigenvalue weighted by molar-refractivity contribution is -0.120. The third-order valence-corrected chi connectivity index (χ3v) is 6.42. The van der Waals surface area contributed by atoms with E-state index in [1.807, 2.05) is 72.8 Å². The third-order valence-electron chi connectivity index (χ3n) is 6.42. The van der Waals surface area contributed by atoms with Gasteiger partial charge >= 0.3 is 0 Å². The minimum atomic E-state index is -0.119. The molecule has 1 N–H and O–H groups in total. The summed E-state index contributed by atoms with van der Waals surface area (Å²) in [6, 6.07) is 27.9. The standard InChI is InChI=1S/C29H28N4O2/c1-35-24-15-13-22(14-16-24)27-18-28(31-20-30-27)33-17-7-10-23(19-33)29(34)32-26-12-6-5-11-25(26)21-8-3-2-4-9-21/h2-6,8-9,11-16,18,20,23H,7,10,17,19H2,1H3,(H,32,34). The highest BCUT2D eigenvalue weighted by Crippen LogP contribution is 2.30. The van der Waals surface area contributed by atoms with E-state index in [1.54, 1.807) is 13.4 Å². The van der Waals surface area contributed by atoms with E-state index < -0.39 is 0 Å². The number of rotatable bonds is 6. The Bertz CT molecular complexity index is 1290. The summed E-state index contributed by atoms with van der Waals surface area (Å²) in [5.41, 5.74) is 4.79. The fourth-order valence-corrected chi connectivity index (χ4v) is 4.54. The fourth-order valence-electron chi connectivity index (χ4n) is 4.54. The molecule has 176 valence electrons. The maximum atomic E-state index is 13.3. The zero-order chi connectivity index (χ0) is 24.0. The summed E-state index contributed by atoms with van der Waals surface area (Å²) in [6.45, 7) is 1.49. The monoisotopic (exact) mass is 464 g/mol. The van der Waals surface area contributed by atoms with Gasteiger partial charge < -0.3 is 15.0 Å². The number of piperidine rings is 1. The first-order valence-electron chi connectivity index (χ1n) is 11.9. The Morgan fingerprint density at radius 2 is 1.71 bits per heavy atom. The number of carbonyl (C=O) groups excluding carboxylic acids is 1. The van der Waals surface area contributed by atoms with Crippen LogP contribution >= 0.6 is 0 Å². The highest BCUT2D eigenvalue weighted by atomic mass is 16.5. The van der Waals surface area contributed by atoms with Crippen molar-refractivity contribution in [3.05, 3.63) is 91.3 Å². The average Bonchev–Trinajstić information content (AvgIpc) is 2.94. The zero-order valence-corrected chi connectivity index (χ0v) is 19.7.